The summed E-state index contributed by atoms with van der Waals surface area (Å²) in [5, 5.41) is 0. The first-order chi connectivity index (χ1) is 8.09. The minimum absolute atomic E-state index is 0.0546. The Kier molecular flexibility index (Phi) is 5.90. The number of methoxy groups -OCH3 is 1. The summed E-state index contributed by atoms with van der Waals surface area (Å²) in [6, 6.07) is 0.273. The molecule has 1 rings (SSSR count). The van der Waals surface area contributed by atoms with Crippen LogP contribution in [-0.4, -0.2) is 18.8 Å². The molecule has 0 bridgehead atoms. The van der Waals surface area contributed by atoms with E-state index in [-0.39, 0.29) is 11.6 Å². The zero-order valence-electron chi connectivity index (χ0n) is 12.0. The van der Waals surface area contributed by atoms with Crippen molar-refractivity contribution in [1.29, 1.82) is 0 Å². The fourth-order valence-corrected chi connectivity index (χ4v) is 3.60. The molecule has 0 radical (unpaired) electrons. The van der Waals surface area contributed by atoms with Gasteiger partial charge in [0.25, 0.3) is 0 Å². The second-order valence-corrected chi connectivity index (χ2v) is 5.88. The third-order valence-corrected chi connectivity index (χ3v) is 4.46. The smallest absolute Gasteiger partial charge is 0.0849 e. The SMILES string of the molecule is CCCC(C)C(NN)C1(OC)CCCC(C)C1. The first kappa shape index (κ1) is 14.9. The topological polar surface area (TPSA) is 47.3 Å². The molecule has 3 heteroatoms. The predicted molar refractivity (Wildman–Crippen MR) is 72.6 cm³/mol. The molecule has 1 aliphatic rings. The van der Waals surface area contributed by atoms with Crippen LogP contribution in [0.25, 0.3) is 0 Å². The molecule has 102 valence electrons. The summed E-state index contributed by atoms with van der Waals surface area (Å²) in [4.78, 5) is 0. The Morgan fingerprint density at radius 1 is 1.53 bits per heavy atom. The van der Waals surface area contributed by atoms with Crippen LogP contribution < -0.4 is 11.3 Å². The maximum Gasteiger partial charge on any atom is 0.0849 e. The highest BCUT2D eigenvalue weighted by Gasteiger charge is 2.43. The maximum atomic E-state index is 5.93. The lowest BCUT2D eigenvalue weighted by Gasteiger charge is -2.46. The molecule has 0 saturated heterocycles. The molecular weight excluding hydrogens is 212 g/mol. The Hall–Kier alpha value is -0.120. The second-order valence-electron chi connectivity index (χ2n) is 5.88. The van der Waals surface area contributed by atoms with E-state index < -0.39 is 0 Å². The highest BCUT2D eigenvalue weighted by molar-refractivity contribution is 4.98. The average molecular weight is 242 g/mol. The Bertz CT molecular complexity index is 222. The lowest BCUT2D eigenvalue weighted by molar-refractivity contribution is -0.0917. The average Bonchev–Trinajstić information content (AvgIpc) is 2.30. The molecule has 0 aromatic heterocycles. The summed E-state index contributed by atoms with van der Waals surface area (Å²) >= 11 is 0. The quantitative estimate of drug-likeness (QED) is 0.556. The van der Waals surface area contributed by atoms with Gasteiger partial charge in [0.15, 0.2) is 0 Å². The van der Waals surface area contributed by atoms with Gasteiger partial charge in [-0.1, -0.05) is 40.0 Å². The van der Waals surface area contributed by atoms with Crippen LogP contribution in [0.4, 0.5) is 0 Å². The second kappa shape index (κ2) is 6.72. The third-order valence-electron chi connectivity index (χ3n) is 4.46. The molecule has 0 aliphatic heterocycles. The Morgan fingerprint density at radius 3 is 2.71 bits per heavy atom. The fraction of sp³-hybridized carbons (Fsp3) is 1.00. The predicted octanol–water partition coefficient (Wildman–Crippen LogP) is 2.85. The van der Waals surface area contributed by atoms with E-state index in [0.717, 1.165) is 18.8 Å². The van der Waals surface area contributed by atoms with Crippen molar-refractivity contribution < 1.29 is 4.74 Å². The van der Waals surface area contributed by atoms with Crippen molar-refractivity contribution in [3.05, 3.63) is 0 Å². The highest BCUT2D eigenvalue weighted by atomic mass is 16.5. The van der Waals surface area contributed by atoms with Crippen LogP contribution in [0.5, 0.6) is 0 Å². The minimum Gasteiger partial charge on any atom is -0.377 e. The van der Waals surface area contributed by atoms with Gasteiger partial charge in [0, 0.05) is 7.11 Å². The zero-order chi connectivity index (χ0) is 12.9. The number of hydrazine groups is 1. The molecule has 3 nitrogen and oxygen atoms in total. The molecule has 0 heterocycles. The number of nitrogens with two attached hydrogens (primary N) is 1. The van der Waals surface area contributed by atoms with Gasteiger partial charge < -0.3 is 4.74 Å². The molecule has 0 aromatic rings. The third kappa shape index (κ3) is 3.43. The first-order valence-corrected chi connectivity index (χ1v) is 7.11. The van der Waals surface area contributed by atoms with E-state index in [0.29, 0.717) is 5.92 Å². The summed E-state index contributed by atoms with van der Waals surface area (Å²) in [5.74, 6) is 7.12. The van der Waals surface area contributed by atoms with Gasteiger partial charge in [-0.05, 0) is 31.1 Å². The number of hydrogen-bond donors (Lipinski definition) is 2. The summed E-state index contributed by atoms with van der Waals surface area (Å²) in [6.45, 7) is 6.84. The van der Waals surface area contributed by atoms with Gasteiger partial charge in [0.05, 0.1) is 11.6 Å². The Balaban J connectivity index is 2.80. The summed E-state index contributed by atoms with van der Waals surface area (Å²) in [7, 11) is 1.85. The summed E-state index contributed by atoms with van der Waals surface area (Å²) in [5.41, 5.74) is 2.99. The van der Waals surface area contributed by atoms with Crippen molar-refractivity contribution in [3.63, 3.8) is 0 Å². The summed E-state index contributed by atoms with van der Waals surface area (Å²) in [6.07, 6.45) is 7.25. The van der Waals surface area contributed by atoms with Crippen molar-refractivity contribution in [2.45, 2.75) is 70.9 Å². The van der Waals surface area contributed by atoms with E-state index in [4.69, 9.17) is 10.6 Å². The van der Waals surface area contributed by atoms with Gasteiger partial charge in [-0.3, -0.25) is 11.3 Å². The molecule has 0 aromatic carbocycles. The van der Waals surface area contributed by atoms with E-state index in [9.17, 15) is 0 Å². The lowest BCUT2D eigenvalue weighted by Crippen LogP contribution is -2.59. The molecule has 0 amide bonds. The Labute approximate surface area is 106 Å². The normalized spacial score (nSPS) is 33.4. The van der Waals surface area contributed by atoms with Crippen LogP contribution in [0.3, 0.4) is 0 Å². The largest absolute Gasteiger partial charge is 0.377 e. The van der Waals surface area contributed by atoms with Crippen molar-refractivity contribution in [1.82, 2.24) is 5.43 Å². The van der Waals surface area contributed by atoms with Crippen LogP contribution in [0.1, 0.15) is 59.3 Å². The molecule has 17 heavy (non-hydrogen) atoms. The van der Waals surface area contributed by atoms with Crippen LogP contribution >= 0.6 is 0 Å². The van der Waals surface area contributed by atoms with E-state index in [1.807, 2.05) is 7.11 Å². The standard InChI is InChI=1S/C14H30N2O/c1-5-7-12(3)13(16-15)14(17-4)9-6-8-11(2)10-14/h11-13,16H,5-10,15H2,1-4H3. The first-order valence-electron chi connectivity index (χ1n) is 7.11. The van der Waals surface area contributed by atoms with E-state index in [1.54, 1.807) is 0 Å². The molecule has 1 aliphatic carbocycles. The van der Waals surface area contributed by atoms with Crippen molar-refractivity contribution in [3.8, 4) is 0 Å². The van der Waals surface area contributed by atoms with E-state index in [2.05, 4.69) is 26.2 Å². The van der Waals surface area contributed by atoms with Gasteiger partial charge >= 0.3 is 0 Å². The minimum atomic E-state index is -0.0546. The van der Waals surface area contributed by atoms with Crippen LogP contribution in [0, 0.1) is 11.8 Å². The molecule has 3 N–H and O–H groups in total. The molecule has 1 fully saturated rings. The number of ether oxygens (including phenoxy) is 1. The lowest BCUT2D eigenvalue weighted by atomic mass is 9.71. The zero-order valence-corrected chi connectivity index (χ0v) is 12.0. The molecule has 4 atom stereocenters. The number of hydrogen-bond acceptors (Lipinski definition) is 3. The highest BCUT2D eigenvalue weighted by Crippen LogP contribution is 2.39. The fourth-order valence-electron chi connectivity index (χ4n) is 3.60. The van der Waals surface area contributed by atoms with Crippen LogP contribution in [-0.2, 0) is 4.74 Å². The van der Waals surface area contributed by atoms with Crippen LogP contribution in [0.15, 0.2) is 0 Å². The maximum absolute atomic E-state index is 5.93. The monoisotopic (exact) mass is 242 g/mol. The number of nitrogens with one attached hydrogen (secondary N) is 1. The van der Waals surface area contributed by atoms with Gasteiger partial charge in [0.1, 0.15) is 0 Å². The van der Waals surface area contributed by atoms with Crippen molar-refractivity contribution >= 4 is 0 Å². The van der Waals surface area contributed by atoms with Gasteiger partial charge in [0.2, 0.25) is 0 Å². The molecule has 0 spiro atoms. The molecule has 4 unspecified atom stereocenters. The molecular formula is C14H30N2O. The van der Waals surface area contributed by atoms with E-state index in [1.165, 1.54) is 25.7 Å². The van der Waals surface area contributed by atoms with Gasteiger partial charge in [-0.2, -0.15) is 0 Å². The molecule has 1 saturated carbocycles. The summed E-state index contributed by atoms with van der Waals surface area (Å²) < 4.78 is 5.93. The van der Waals surface area contributed by atoms with E-state index >= 15 is 0 Å². The van der Waals surface area contributed by atoms with Crippen molar-refractivity contribution in [2.75, 3.05) is 7.11 Å². The van der Waals surface area contributed by atoms with Gasteiger partial charge in [-0.25, -0.2) is 0 Å². The number of rotatable bonds is 6. The van der Waals surface area contributed by atoms with Crippen LogP contribution in [0.2, 0.25) is 0 Å². The van der Waals surface area contributed by atoms with Crippen molar-refractivity contribution in [2.24, 2.45) is 17.7 Å². The Morgan fingerprint density at radius 2 is 2.24 bits per heavy atom. The van der Waals surface area contributed by atoms with Gasteiger partial charge in [-0.15, -0.1) is 0 Å².